The number of carboxylic acid groups (broad SMARTS) is 1. The molecule has 0 rings (SSSR count). The molecule has 0 spiro atoms. The van der Waals surface area contributed by atoms with E-state index in [2.05, 4.69) is 6.92 Å². The number of carboxylic acids is 1. The first-order valence-electron chi connectivity index (χ1n) is 5.90. The molecule has 0 heterocycles. The maximum atomic E-state index is 9.51. The van der Waals surface area contributed by atoms with Crippen LogP contribution in [0.25, 0.3) is 0 Å². The van der Waals surface area contributed by atoms with Crippen molar-refractivity contribution in [3.8, 4) is 0 Å². The fraction of sp³-hybridized carbons (Fsp3) is 0.692. The molecule has 0 aliphatic heterocycles. The maximum Gasteiger partial charge on any atom is 0.327 e. The van der Waals surface area contributed by atoms with Gasteiger partial charge in [0.1, 0.15) is 0 Å². The molecule has 0 aromatic carbocycles. The zero-order chi connectivity index (χ0) is 15.8. The largest absolute Gasteiger partial charge is 0.478 e. The van der Waals surface area contributed by atoms with Crippen molar-refractivity contribution in [3.63, 3.8) is 0 Å². The second-order valence-corrected chi connectivity index (χ2v) is 2.29. The Morgan fingerprint density at radius 1 is 1.00 bits per heavy atom. The average molecular weight is 315 g/mol. The fourth-order valence-electron chi connectivity index (χ4n) is 0.143. The quantitative estimate of drug-likeness (QED) is 0.336. The summed E-state index contributed by atoms with van der Waals surface area (Å²) in [5.74, 6) is -0.891. The standard InChI is InChI=1S/C4H6O2.C3H7.3C2H6O.Ti/c1-2-3-4(5)6;1-3-2;3*1-2-3;/h2-3H,1H3,(H,5,6);1,3H2,2H3;3*3H,2H2,1H3;/q;-1;;;;. The van der Waals surface area contributed by atoms with Crippen LogP contribution in [0.3, 0.4) is 0 Å². The van der Waals surface area contributed by atoms with E-state index in [1.807, 2.05) is 6.92 Å². The Hall–Kier alpha value is -0.196. The van der Waals surface area contributed by atoms with Gasteiger partial charge in [-0.2, -0.15) is 6.42 Å². The first kappa shape index (κ1) is 36.4. The molecule has 0 aliphatic carbocycles. The van der Waals surface area contributed by atoms with E-state index in [0.29, 0.717) is 0 Å². The van der Waals surface area contributed by atoms with Crippen molar-refractivity contribution in [3.05, 3.63) is 19.1 Å². The van der Waals surface area contributed by atoms with Gasteiger partial charge in [-0.15, -0.1) is 0 Å². The van der Waals surface area contributed by atoms with E-state index in [-0.39, 0.29) is 41.5 Å². The Balaban J connectivity index is -0.0000000287. The van der Waals surface area contributed by atoms with Crippen molar-refractivity contribution in [1.29, 1.82) is 0 Å². The second-order valence-electron chi connectivity index (χ2n) is 2.29. The van der Waals surface area contributed by atoms with Crippen LogP contribution in [0, 0.1) is 6.92 Å². The molecular formula is C13H31O5Ti-. The van der Waals surface area contributed by atoms with Crippen LogP contribution in [-0.2, 0) is 26.5 Å². The molecule has 6 heteroatoms. The monoisotopic (exact) mass is 315 g/mol. The fourth-order valence-corrected chi connectivity index (χ4v) is 0.143. The number of hydrogen-bond donors (Lipinski definition) is 4. The van der Waals surface area contributed by atoms with E-state index in [9.17, 15) is 4.79 Å². The van der Waals surface area contributed by atoms with Crippen molar-refractivity contribution < 1.29 is 46.9 Å². The van der Waals surface area contributed by atoms with E-state index in [1.54, 1.807) is 27.7 Å². The topological polar surface area (TPSA) is 98.0 Å². The number of hydrogen-bond acceptors (Lipinski definition) is 4. The van der Waals surface area contributed by atoms with Crippen LogP contribution >= 0.6 is 0 Å². The van der Waals surface area contributed by atoms with Crippen LogP contribution in [-0.4, -0.2) is 46.2 Å². The second kappa shape index (κ2) is 64.9. The number of aliphatic carboxylic acids is 1. The van der Waals surface area contributed by atoms with Gasteiger partial charge in [-0.3, -0.25) is 0 Å². The van der Waals surface area contributed by atoms with E-state index >= 15 is 0 Å². The average Bonchev–Trinajstić information content (AvgIpc) is 2.21. The van der Waals surface area contributed by atoms with Crippen molar-refractivity contribution in [2.75, 3.05) is 19.8 Å². The Labute approximate surface area is 133 Å². The number of allylic oxidation sites excluding steroid dienone is 1. The molecule has 0 radical (unpaired) electrons. The van der Waals surface area contributed by atoms with Crippen molar-refractivity contribution >= 4 is 5.97 Å². The molecule has 0 amide bonds. The summed E-state index contributed by atoms with van der Waals surface area (Å²) in [6, 6.07) is 0. The summed E-state index contributed by atoms with van der Waals surface area (Å²) >= 11 is 0. The minimum atomic E-state index is -0.891. The van der Waals surface area contributed by atoms with Gasteiger partial charge in [0, 0.05) is 47.6 Å². The van der Waals surface area contributed by atoms with Gasteiger partial charge < -0.3 is 27.3 Å². The van der Waals surface area contributed by atoms with Crippen LogP contribution in [0.15, 0.2) is 12.2 Å². The first-order valence-corrected chi connectivity index (χ1v) is 5.90. The van der Waals surface area contributed by atoms with Gasteiger partial charge in [0.05, 0.1) is 0 Å². The molecule has 19 heavy (non-hydrogen) atoms. The predicted molar refractivity (Wildman–Crippen MR) is 76.4 cm³/mol. The molecule has 4 N–H and O–H groups in total. The molecule has 0 saturated heterocycles. The van der Waals surface area contributed by atoms with Gasteiger partial charge in [0.25, 0.3) is 0 Å². The van der Waals surface area contributed by atoms with Gasteiger partial charge in [-0.1, -0.05) is 13.0 Å². The van der Waals surface area contributed by atoms with E-state index in [0.717, 1.165) is 12.5 Å². The Bertz CT molecular complexity index is 122. The molecule has 0 aromatic rings. The molecule has 0 fully saturated rings. The van der Waals surface area contributed by atoms with Gasteiger partial charge in [0.15, 0.2) is 0 Å². The maximum absolute atomic E-state index is 9.51. The summed E-state index contributed by atoms with van der Waals surface area (Å²) in [6.07, 6.45) is 3.56. The number of aliphatic hydroxyl groups excluding tert-OH is 3. The zero-order valence-corrected chi connectivity index (χ0v) is 14.4. The molecule has 0 unspecified atom stereocenters. The third-order valence-electron chi connectivity index (χ3n) is 0.309. The summed E-state index contributed by atoms with van der Waals surface area (Å²) in [7, 11) is 0. The zero-order valence-electron chi connectivity index (χ0n) is 12.9. The summed E-state index contributed by atoms with van der Waals surface area (Å²) in [4.78, 5) is 9.51. The molecule has 0 aromatic heterocycles. The summed E-state index contributed by atoms with van der Waals surface area (Å²) in [5.41, 5.74) is 0. The summed E-state index contributed by atoms with van der Waals surface area (Å²) in [5, 5.41) is 30.5. The molecule has 0 aliphatic rings. The predicted octanol–water partition coefficient (Wildman–Crippen LogP) is 1.87. The third-order valence-corrected chi connectivity index (χ3v) is 0.309. The SMILES string of the molecule is CC=CC(=O)O.CCO.CCO.CCO.[CH2-]CC.[Ti]. The molecular weight excluding hydrogens is 284 g/mol. The van der Waals surface area contributed by atoms with Gasteiger partial charge in [0.2, 0.25) is 0 Å². The van der Waals surface area contributed by atoms with E-state index < -0.39 is 5.97 Å². The summed E-state index contributed by atoms with van der Waals surface area (Å²) in [6.45, 7) is 13.0. The Kier molecular flexibility index (Phi) is 124. The Morgan fingerprint density at radius 3 is 1.16 bits per heavy atom. The van der Waals surface area contributed by atoms with E-state index in [4.69, 9.17) is 20.4 Å². The minimum absolute atomic E-state index is 0. The van der Waals surface area contributed by atoms with Gasteiger partial charge in [-0.05, 0) is 27.7 Å². The molecule has 0 bridgehead atoms. The Morgan fingerprint density at radius 2 is 1.16 bits per heavy atom. The number of carbonyl (C=O) groups is 1. The van der Waals surface area contributed by atoms with Crippen LogP contribution < -0.4 is 0 Å². The van der Waals surface area contributed by atoms with Gasteiger partial charge >= 0.3 is 5.97 Å². The molecule has 0 atom stereocenters. The smallest absolute Gasteiger partial charge is 0.327 e. The van der Waals surface area contributed by atoms with Crippen LogP contribution in [0.4, 0.5) is 0 Å². The van der Waals surface area contributed by atoms with Crippen molar-refractivity contribution in [2.45, 2.75) is 41.0 Å². The molecule has 118 valence electrons. The van der Waals surface area contributed by atoms with Crippen molar-refractivity contribution in [1.82, 2.24) is 0 Å². The van der Waals surface area contributed by atoms with Crippen LogP contribution in [0.2, 0.25) is 0 Å². The summed E-state index contributed by atoms with van der Waals surface area (Å²) < 4.78 is 0. The van der Waals surface area contributed by atoms with Crippen LogP contribution in [0.1, 0.15) is 41.0 Å². The first-order chi connectivity index (χ1) is 8.43. The van der Waals surface area contributed by atoms with Gasteiger partial charge in [-0.25, -0.2) is 4.79 Å². The van der Waals surface area contributed by atoms with Crippen LogP contribution in [0.5, 0.6) is 0 Å². The van der Waals surface area contributed by atoms with E-state index in [1.165, 1.54) is 6.08 Å². The number of aliphatic hydroxyl groups is 3. The molecule has 5 nitrogen and oxygen atoms in total. The third kappa shape index (κ3) is 565. The van der Waals surface area contributed by atoms with Crippen molar-refractivity contribution in [2.24, 2.45) is 0 Å². The minimum Gasteiger partial charge on any atom is -0.478 e. The number of rotatable bonds is 1. The molecule has 0 saturated carbocycles. The normalized spacial score (nSPS) is 6.79.